The largest absolute Gasteiger partial charge is 0.493 e. The Kier molecular flexibility index (Phi) is 5.91. The van der Waals surface area contributed by atoms with Crippen molar-refractivity contribution < 1.29 is 18.3 Å². The minimum atomic E-state index is -0.749. The average molecular weight is 470 g/mol. The van der Waals surface area contributed by atoms with Gasteiger partial charge < -0.3 is 19.4 Å². The monoisotopic (exact) mass is 469 g/mol. The molecule has 2 aromatic carbocycles. The summed E-state index contributed by atoms with van der Waals surface area (Å²) in [5.74, 6) is -1.43. The van der Waals surface area contributed by atoms with Crippen molar-refractivity contribution in [1.82, 2.24) is 9.97 Å². The Labute approximate surface area is 194 Å². The van der Waals surface area contributed by atoms with Gasteiger partial charge in [0.25, 0.3) is 0 Å². The molecule has 3 heterocycles. The number of morpholine rings is 1. The van der Waals surface area contributed by atoms with Gasteiger partial charge in [-0.15, -0.1) is 0 Å². The highest BCUT2D eigenvalue weighted by Crippen LogP contribution is 2.37. The maximum Gasteiger partial charge on any atom is 0.168 e. The number of ether oxygens (including phenoxy) is 2. The van der Waals surface area contributed by atoms with Crippen LogP contribution in [0.15, 0.2) is 48.8 Å². The summed E-state index contributed by atoms with van der Waals surface area (Å²) in [6.45, 7) is 3.03. The highest BCUT2D eigenvalue weighted by atomic mass is 35.5. The predicted octanol–water partition coefficient (Wildman–Crippen LogP) is 5.60. The van der Waals surface area contributed by atoms with Gasteiger partial charge in [0.05, 0.1) is 31.0 Å². The Morgan fingerprint density at radius 3 is 2.67 bits per heavy atom. The third kappa shape index (κ3) is 4.26. The van der Waals surface area contributed by atoms with E-state index in [9.17, 15) is 8.78 Å². The number of nitrogens with one attached hydrogen (secondary N) is 1. The summed E-state index contributed by atoms with van der Waals surface area (Å²) in [7, 11) is 1.36. The number of rotatable bonds is 5. The van der Waals surface area contributed by atoms with Crippen LogP contribution in [0, 0.1) is 11.6 Å². The van der Waals surface area contributed by atoms with Gasteiger partial charge in [0.2, 0.25) is 0 Å². The quantitative estimate of drug-likeness (QED) is 0.413. The van der Waals surface area contributed by atoms with Gasteiger partial charge in [-0.05, 0) is 41.8 Å². The topological polar surface area (TPSA) is 50.4 Å². The first-order valence-corrected chi connectivity index (χ1v) is 11.0. The van der Waals surface area contributed by atoms with Gasteiger partial charge in [0.1, 0.15) is 11.5 Å². The fourth-order valence-electron chi connectivity index (χ4n) is 4.29. The fourth-order valence-corrected chi connectivity index (χ4v) is 4.61. The molecule has 0 bridgehead atoms. The lowest BCUT2D eigenvalue weighted by Gasteiger charge is -2.29. The number of halogens is 3. The molecule has 0 atom stereocenters. The van der Waals surface area contributed by atoms with E-state index in [0.29, 0.717) is 41.4 Å². The molecule has 1 aliphatic rings. The minimum Gasteiger partial charge on any atom is -0.493 e. The number of hydrogen-bond acceptors (Lipinski definition) is 4. The van der Waals surface area contributed by atoms with E-state index in [2.05, 4.69) is 20.9 Å². The molecule has 8 heteroatoms. The zero-order valence-corrected chi connectivity index (χ0v) is 18.8. The highest BCUT2D eigenvalue weighted by Gasteiger charge is 2.18. The molecule has 2 aromatic heterocycles. The summed E-state index contributed by atoms with van der Waals surface area (Å²) < 4.78 is 38.8. The SMILES string of the molecule is COc1c(F)cc(F)cc1-c1c[nH]c2ncc(Cc3ccc(N4CCOCC4)c(Cl)c3)cc12. The molecule has 33 heavy (non-hydrogen) atoms. The van der Waals surface area contributed by atoms with Crippen LogP contribution in [0.25, 0.3) is 22.2 Å². The molecule has 0 radical (unpaired) electrons. The Hall–Kier alpha value is -3.16. The lowest BCUT2D eigenvalue weighted by atomic mass is 10.0. The number of hydrogen-bond donors (Lipinski definition) is 1. The van der Waals surface area contributed by atoms with Crippen LogP contribution < -0.4 is 9.64 Å². The first kappa shape index (κ1) is 21.7. The standard InChI is InChI=1S/C25H22ClF2N3O2/c1-32-24-18(11-17(27)12-22(24)28)20-14-30-25-19(20)9-16(13-29-25)8-15-2-3-23(21(26)10-15)31-4-6-33-7-5-31/h2-3,9-14H,4-8H2,1H3,(H,29,30). The minimum absolute atomic E-state index is 0.00631. The van der Waals surface area contributed by atoms with Gasteiger partial charge in [-0.3, -0.25) is 0 Å². The normalized spacial score (nSPS) is 14.1. The molecule has 5 rings (SSSR count). The molecular weight excluding hydrogens is 448 g/mol. The van der Waals surface area contributed by atoms with E-state index in [1.165, 1.54) is 13.2 Å². The van der Waals surface area contributed by atoms with Gasteiger partial charge in [-0.25, -0.2) is 13.8 Å². The van der Waals surface area contributed by atoms with Crippen molar-refractivity contribution >= 4 is 28.3 Å². The number of anilines is 1. The lowest BCUT2D eigenvalue weighted by molar-refractivity contribution is 0.122. The second kappa shape index (κ2) is 9.00. The van der Waals surface area contributed by atoms with Crippen LogP contribution >= 0.6 is 11.6 Å². The second-order valence-electron chi connectivity index (χ2n) is 7.97. The van der Waals surface area contributed by atoms with E-state index in [1.807, 2.05) is 18.2 Å². The zero-order valence-electron chi connectivity index (χ0n) is 18.0. The first-order chi connectivity index (χ1) is 16.0. The number of methoxy groups -OCH3 is 1. The number of aromatic amines is 1. The average Bonchev–Trinajstić information content (AvgIpc) is 3.22. The van der Waals surface area contributed by atoms with Crippen LogP contribution in [-0.2, 0) is 11.2 Å². The van der Waals surface area contributed by atoms with E-state index in [1.54, 1.807) is 12.4 Å². The number of pyridine rings is 1. The molecule has 0 spiro atoms. The summed E-state index contributed by atoms with van der Waals surface area (Å²) in [6, 6.07) is 10.1. The number of aromatic nitrogens is 2. The first-order valence-electron chi connectivity index (χ1n) is 10.6. The Balaban J connectivity index is 1.47. The van der Waals surface area contributed by atoms with Gasteiger partial charge in [-0.2, -0.15) is 0 Å². The molecule has 0 unspecified atom stereocenters. The summed E-state index contributed by atoms with van der Waals surface area (Å²) >= 11 is 6.59. The molecule has 1 aliphatic heterocycles. The van der Waals surface area contributed by atoms with Crippen LogP contribution in [0.1, 0.15) is 11.1 Å². The van der Waals surface area contributed by atoms with E-state index in [4.69, 9.17) is 21.1 Å². The Morgan fingerprint density at radius 2 is 1.91 bits per heavy atom. The smallest absolute Gasteiger partial charge is 0.168 e. The molecule has 0 amide bonds. The van der Waals surface area contributed by atoms with Gasteiger partial charge in [0, 0.05) is 48.1 Å². The summed E-state index contributed by atoms with van der Waals surface area (Å²) in [5.41, 5.74) is 4.58. The van der Waals surface area contributed by atoms with Crippen molar-refractivity contribution in [1.29, 1.82) is 0 Å². The summed E-state index contributed by atoms with van der Waals surface area (Å²) in [5, 5.41) is 1.46. The molecule has 170 valence electrons. The Morgan fingerprint density at radius 1 is 1.09 bits per heavy atom. The van der Waals surface area contributed by atoms with E-state index < -0.39 is 11.6 Å². The van der Waals surface area contributed by atoms with Crippen molar-refractivity contribution in [2.24, 2.45) is 0 Å². The molecular formula is C25H22ClF2N3O2. The third-order valence-corrected chi connectivity index (χ3v) is 6.17. The van der Waals surface area contributed by atoms with Gasteiger partial charge >= 0.3 is 0 Å². The Bertz CT molecular complexity index is 1320. The molecule has 5 nitrogen and oxygen atoms in total. The fraction of sp³-hybridized carbons (Fsp3) is 0.240. The maximum atomic E-state index is 14.3. The molecule has 1 fully saturated rings. The van der Waals surface area contributed by atoms with E-state index in [-0.39, 0.29) is 5.75 Å². The van der Waals surface area contributed by atoms with Gasteiger partial charge in [-0.1, -0.05) is 17.7 Å². The van der Waals surface area contributed by atoms with Crippen LogP contribution in [0.5, 0.6) is 5.75 Å². The van der Waals surface area contributed by atoms with Gasteiger partial charge in [0.15, 0.2) is 11.6 Å². The number of fused-ring (bicyclic) bond motifs is 1. The molecule has 1 N–H and O–H groups in total. The van der Waals surface area contributed by atoms with Crippen molar-refractivity contribution in [3.05, 3.63) is 76.6 Å². The van der Waals surface area contributed by atoms with Crippen LogP contribution in [0.3, 0.4) is 0 Å². The van der Waals surface area contributed by atoms with E-state index >= 15 is 0 Å². The number of nitrogens with zero attached hydrogens (tertiary/aromatic N) is 2. The van der Waals surface area contributed by atoms with Crippen molar-refractivity contribution in [3.8, 4) is 16.9 Å². The molecule has 0 aliphatic carbocycles. The van der Waals surface area contributed by atoms with Crippen LogP contribution in [0.4, 0.5) is 14.5 Å². The molecule has 0 saturated carbocycles. The summed E-state index contributed by atoms with van der Waals surface area (Å²) in [4.78, 5) is 9.79. The zero-order chi connectivity index (χ0) is 22.9. The van der Waals surface area contributed by atoms with Crippen molar-refractivity contribution in [2.45, 2.75) is 6.42 Å². The predicted molar refractivity (Wildman–Crippen MR) is 125 cm³/mol. The summed E-state index contributed by atoms with van der Waals surface area (Å²) in [6.07, 6.45) is 4.09. The third-order valence-electron chi connectivity index (χ3n) is 5.86. The van der Waals surface area contributed by atoms with Crippen molar-refractivity contribution in [3.63, 3.8) is 0 Å². The van der Waals surface area contributed by atoms with Crippen LogP contribution in [-0.4, -0.2) is 43.4 Å². The maximum absolute atomic E-state index is 14.3. The highest BCUT2D eigenvalue weighted by molar-refractivity contribution is 6.33. The van der Waals surface area contributed by atoms with Crippen LogP contribution in [0.2, 0.25) is 5.02 Å². The van der Waals surface area contributed by atoms with Crippen molar-refractivity contribution in [2.75, 3.05) is 38.3 Å². The lowest BCUT2D eigenvalue weighted by Crippen LogP contribution is -2.36. The number of benzene rings is 2. The molecule has 1 saturated heterocycles. The number of H-pyrrole nitrogens is 1. The second-order valence-corrected chi connectivity index (χ2v) is 8.38. The van der Waals surface area contributed by atoms with E-state index in [0.717, 1.165) is 41.4 Å². The molecule has 4 aromatic rings.